The lowest BCUT2D eigenvalue weighted by Gasteiger charge is -2.11. The zero-order valence-corrected chi connectivity index (χ0v) is 14.7. The van der Waals surface area contributed by atoms with Crippen LogP contribution in [-0.4, -0.2) is 21.0 Å². The molecule has 0 amide bonds. The Morgan fingerprint density at radius 2 is 1.88 bits per heavy atom. The summed E-state index contributed by atoms with van der Waals surface area (Å²) in [7, 11) is 0. The van der Waals surface area contributed by atoms with Crippen LogP contribution in [-0.2, 0) is 0 Å². The fraction of sp³-hybridized carbons (Fsp3) is 0. The normalized spacial score (nSPS) is 10.1. The summed E-state index contributed by atoms with van der Waals surface area (Å²) in [5.74, 6) is -2.17. The molecule has 6 nitrogen and oxygen atoms in total. The summed E-state index contributed by atoms with van der Waals surface area (Å²) in [5.41, 5.74) is 6.48. The molecule has 3 rings (SSSR count). The summed E-state index contributed by atoms with van der Waals surface area (Å²) in [6.07, 6.45) is 0. The number of anilines is 3. The Labute approximate surface area is 159 Å². The van der Waals surface area contributed by atoms with Crippen LogP contribution in [0.25, 0.3) is 11.3 Å². The first kappa shape index (κ1) is 19.4. The molecule has 0 aliphatic rings. The van der Waals surface area contributed by atoms with Gasteiger partial charge in [-0.3, -0.25) is 0 Å². The topological polar surface area (TPSA) is 101 Å². The highest BCUT2D eigenvalue weighted by molar-refractivity contribution is 6.33. The van der Waals surface area contributed by atoms with E-state index in [2.05, 4.69) is 15.3 Å². The monoisotopic (exact) mass is 394 g/mol. The van der Waals surface area contributed by atoms with Crippen LogP contribution in [0.15, 0.2) is 48.5 Å². The van der Waals surface area contributed by atoms with Gasteiger partial charge in [-0.1, -0.05) is 35.9 Å². The van der Waals surface area contributed by atoms with Gasteiger partial charge >= 0.3 is 5.97 Å². The molecule has 26 heavy (non-hydrogen) atoms. The van der Waals surface area contributed by atoms with Gasteiger partial charge in [-0.15, -0.1) is 12.4 Å². The number of aromatic nitrogens is 2. The second-order valence-electron chi connectivity index (χ2n) is 5.09. The molecular weight excluding hydrogens is 382 g/mol. The third-order valence-corrected chi connectivity index (χ3v) is 3.70. The van der Waals surface area contributed by atoms with Crippen LogP contribution in [0.1, 0.15) is 10.4 Å². The average molecular weight is 395 g/mol. The van der Waals surface area contributed by atoms with Crippen molar-refractivity contribution in [3.63, 3.8) is 0 Å². The first-order chi connectivity index (χ1) is 12.0. The number of carboxylic acids is 1. The maximum Gasteiger partial charge on any atom is 0.335 e. The number of rotatable bonds is 4. The summed E-state index contributed by atoms with van der Waals surface area (Å²) < 4.78 is 14.3. The standard InChI is InChI=1S/C17H12ClFN4O2.ClH/c18-12-7-2-1-6-11(12)14-13(19)15(20)23-17(22-14)21-10-5-3-4-9(8-10)16(24)25;/h1-8H,(H,24,25)(H3,20,21,22,23);1H. The van der Waals surface area contributed by atoms with Gasteiger partial charge in [-0.2, -0.15) is 4.98 Å². The Balaban J connectivity index is 0.00000243. The lowest BCUT2D eigenvalue weighted by molar-refractivity contribution is 0.0697. The van der Waals surface area contributed by atoms with E-state index in [0.29, 0.717) is 16.3 Å². The number of carboxylic acid groups (broad SMARTS) is 1. The van der Waals surface area contributed by atoms with Crippen molar-refractivity contribution in [1.29, 1.82) is 0 Å². The number of benzene rings is 2. The van der Waals surface area contributed by atoms with Crippen molar-refractivity contribution in [3.05, 3.63) is 64.9 Å². The van der Waals surface area contributed by atoms with Gasteiger partial charge in [-0.05, 0) is 24.3 Å². The minimum absolute atomic E-state index is 0. The lowest BCUT2D eigenvalue weighted by atomic mass is 10.1. The molecule has 0 fully saturated rings. The third-order valence-electron chi connectivity index (χ3n) is 3.37. The molecule has 4 N–H and O–H groups in total. The maximum absolute atomic E-state index is 14.3. The molecule has 1 heterocycles. The number of aromatic carboxylic acids is 1. The van der Waals surface area contributed by atoms with E-state index in [1.165, 1.54) is 12.1 Å². The molecule has 0 radical (unpaired) electrons. The number of nitrogens with zero attached hydrogens (tertiary/aromatic N) is 2. The Morgan fingerprint density at radius 3 is 2.58 bits per heavy atom. The predicted molar refractivity (Wildman–Crippen MR) is 101 cm³/mol. The Kier molecular flexibility index (Phi) is 5.97. The van der Waals surface area contributed by atoms with Crippen LogP contribution >= 0.6 is 24.0 Å². The van der Waals surface area contributed by atoms with E-state index >= 15 is 0 Å². The summed E-state index contributed by atoms with van der Waals surface area (Å²) in [6, 6.07) is 12.7. The van der Waals surface area contributed by atoms with Crippen LogP contribution in [0, 0.1) is 5.82 Å². The van der Waals surface area contributed by atoms with E-state index in [-0.39, 0.29) is 35.4 Å². The van der Waals surface area contributed by atoms with E-state index in [1.54, 1.807) is 36.4 Å². The number of hydrogen-bond acceptors (Lipinski definition) is 5. The molecule has 0 aliphatic carbocycles. The Bertz CT molecular complexity index is 969. The second kappa shape index (κ2) is 7.99. The first-order valence-electron chi connectivity index (χ1n) is 7.14. The summed E-state index contributed by atoms with van der Waals surface area (Å²) >= 11 is 6.10. The molecule has 0 atom stereocenters. The molecular formula is C17H13Cl2FN4O2. The van der Waals surface area contributed by atoms with Crippen LogP contribution in [0.4, 0.5) is 21.8 Å². The van der Waals surface area contributed by atoms with Gasteiger partial charge in [0, 0.05) is 11.3 Å². The molecule has 0 spiro atoms. The maximum atomic E-state index is 14.3. The zero-order valence-electron chi connectivity index (χ0n) is 13.1. The molecule has 0 bridgehead atoms. The van der Waals surface area contributed by atoms with Gasteiger partial charge in [0.05, 0.1) is 10.6 Å². The summed E-state index contributed by atoms with van der Waals surface area (Å²) in [6.45, 7) is 0. The lowest BCUT2D eigenvalue weighted by Crippen LogP contribution is -2.06. The van der Waals surface area contributed by atoms with E-state index in [0.717, 1.165) is 0 Å². The van der Waals surface area contributed by atoms with Crippen LogP contribution in [0.2, 0.25) is 5.02 Å². The molecule has 0 aliphatic heterocycles. The van der Waals surface area contributed by atoms with Gasteiger partial charge in [0.15, 0.2) is 11.6 Å². The van der Waals surface area contributed by atoms with Crippen LogP contribution < -0.4 is 11.1 Å². The van der Waals surface area contributed by atoms with Crippen molar-refractivity contribution >= 4 is 47.4 Å². The SMILES string of the molecule is Cl.Nc1nc(Nc2cccc(C(=O)O)c2)nc(-c2ccccc2Cl)c1F. The third kappa shape index (κ3) is 4.01. The van der Waals surface area contributed by atoms with Crippen molar-refractivity contribution in [3.8, 4) is 11.3 Å². The summed E-state index contributed by atoms with van der Waals surface area (Å²) in [5, 5.41) is 12.2. The second-order valence-corrected chi connectivity index (χ2v) is 5.49. The molecule has 0 saturated heterocycles. The van der Waals surface area contributed by atoms with Gasteiger partial charge < -0.3 is 16.2 Å². The molecule has 9 heteroatoms. The van der Waals surface area contributed by atoms with Crippen molar-refractivity contribution < 1.29 is 14.3 Å². The molecule has 0 saturated carbocycles. The highest BCUT2D eigenvalue weighted by Gasteiger charge is 2.16. The van der Waals surface area contributed by atoms with Crippen molar-refractivity contribution in [1.82, 2.24) is 9.97 Å². The minimum Gasteiger partial charge on any atom is -0.478 e. The average Bonchev–Trinajstić information content (AvgIpc) is 2.59. The predicted octanol–water partition coefficient (Wildman–Crippen LogP) is 4.38. The fourth-order valence-electron chi connectivity index (χ4n) is 2.21. The fourth-order valence-corrected chi connectivity index (χ4v) is 2.44. The highest BCUT2D eigenvalue weighted by Crippen LogP contribution is 2.31. The van der Waals surface area contributed by atoms with Crippen molar-refractivity contribution in [2.45, 2.75) is 0 Å². The number of nitrogen functional groups attached to an aromatic ring is 1. The van der Waals surface area contributed by atoms with Crippen molar-refractivity contribution in [2.75, 3.05) is 11.1 Å². The van der Waals surface area contributed by atoms with E-state index in [4.69, 9.17) is 22.4 Å². The van der Waals surface area contributed by atoms with Gasteiger partial charge in [0.1, 0.15) is 5.69 Å². The number of hydrogen-bond donors (Lipinski definition) is 3. The minimum atomic E-state index is -1.07. The number of halogens is 3. The quantitative estimate of drug-likeness (QED) is 0.606. The summed E-state index contributed by atoms with van der Waals surface area (Å²) in [4.78, 5) is 19.0. The Hall–Kier alpha value is -2.90. The Morgan fingerprint density at radius 1 is 1.15 bits per heavy atom. The van der Waals surface area contributed by atoms with Gasteiger partial charge in [0.2, 0.25) is 5.95 Å². The number of nitrogens with two attached hydrogens (primary N) is 1. The van der Waals surface area contributed by atoms with E-state index in [9.17, 15) is 9.18 Å². The molecule has 2 aromatic carbocycles. The van der Waals surface area contributed by atoms with Gasteiger partial charge in [0.25, 0.3) is 0 Å². The van der Waals surface area contributed by atoms with Crippen molar-refractivity contribution in [2.24, 2.45) is 0 Å². The number of nitrogens with one attached hydrogen (secondary N) is 1. The van der Waals surface area contributed by atoms with E-state index in [1.807, 2.05) is 0 Å². The van der Waals surface area contributed by atoms with E-state index < -0.39 is 11.8 Å². The zero-order chi connectivity index (χ0) is 18.0. The molecule has 0 unspecified atom stereocenters. The molecule has 134 valence electrons. The number of carbonyl (C=O) groups is 1. The highest BCUT2D eigenvalue weighted by atomic mass is 35.5. The largest absolute Gasteiger partial charge is 0.478 e. The molecule has 3 aromatic rings. The van der Waals surface area contributed by atoms with Crippen LogP contribution in [0.5, 0.6) is 0 Å². The smallest absolute Gasteiger partial charge is 0.335 e. The van der Waals surface area contributed by atoms with Crippen LogP contribution in [0.3, 0.4) is 0 Å². The first-order valence-corrected chi connectivity index (χ1v) is 7.52. The molecule has 1 aromatic heterocycles. The van der Waals surface area contributed by atoms with Gasteiger partial charge in [-0.25, -0.2) is 14.2 Å².